The molecule has 0 bridgehead atoms. The third kappa shape index (κ3) is 1.97. The zero-order chi connectivity index (χ0) is 8.36. The van der Waals surface area contributed by atoms with E-state index in [0.29, 0.717) is 0 Å². The molecule has 0 rings (SSSR count). The number of hydrogen-bond acceptors (Lipinski definition) is 3. The molecule has 0 aromatic carbocycles. The molecule has 0 amide bonds. The van der Waals surface area contributed by atoms with Crippen LogP contribution >= 0.6 is 0 Å². The van der Waals surface area contributed by atoms with Crippen LogP contribution in [0.25, 0.3) is 0 Å². The molecule has 0 aromatic rings. The van der Waals surface area contributed by atoms with Crippen LogP contribution < -0.4 is 0 Å². The van der Waals surface area contributed by atoms with Crippen LogP contribution in [0.15, 0.2) is 0 Å². The van der Waals surface area contributed by atoms with Crippen molar-refractivity contribution < 1.29 is 20.1 Å². The summed E-state index contributed by atoms with van der Waals surface area (Å²) in [6.07, 6.45) is -1.49. The van der Waals surface area contributed by atoms with Gasteiger partial charge in [-0.15, -0.1) is 0 Å². The second-order valence-electron chi connectivity index (χ2n) is 2.45. The third-order valence-corrected chi connectivity index (χ3v) is 1.54. The Labute approximate surface area is 59.1 Å². The van der Waals surface area contributed by atoms with Gasteiger partial charge in [0.05, 0.1) is 5.60 Å². The first-order chi connectivity index (χ1) is 4.41. The van der Waals surface area contributed by atoms with Crippen molar-refractivity contribution in [3.8, 4) is 0 Å². The SMILES string of the molecule is CCC(C)(O)C(O)C(=O)O. The molecule has 0 aliphatic rings. The quantitative estimate of drug-likeness (QED) is 0.508. The van der Waals surface area contributed by atoms with E-state index >= 15 is 0 Å². The van der Waals surface area contributed by atoms with Gasteiger partial charge in [-0.1, -0.05) is 6.92 Å². The summed E-state index contributed by atoms with van der Waals surface area (Å²) < 4.78 is 0. The lowest BCUT2D eigenvalue weighted by molar-refractivity contribution is -0.161. The Bertz CT molecular complexity index is 130. The number of carboxylic acids is 1. The summed E-state index contributed by atoms with van der Waals surface area (Å²) in [6, 6.07) is 0. The van der Waals surface area contributed by atoms with E-state index in [1.165, 1.54) is 6.92 Å². The van der Waals surface area contributed by atoms with Crippen LogP contribution in [-0.2, 0) is 4.79 Å². The molecular weight excluding hydrogens is 136 g/mol. The second-order valence-corrected chi connectivity index (χ2v) is 2.45. The molecule has 0 aromatic heterocycles. The highest BCUT2D eigenvalue weighted by atomic mass is 16.4. The van der Waals surface area contributed by atoms with Crippen LogP contribution in [0.4, 0.5) is 0 Å². The number of carboxylic acid groups (broad SMARTS) is 1. The maximum absolute atomic E-state index is 10.1. The van der Waals surface area contributed by atoms with E-state index in [0.717, 1.165) is 0 Å². The number of hydrogen-bond donors (Lipinski definition) is 3. The van der Waals surface area contributed by atoms with Crippen molar-refractivity contribution in [2.45, 2.75) is 32.0 Å². The molecule has 60 valence electrons. The normalized spacial score (nSPS) is 19.6. The summed E-state index contributed by atoms with van der Waals surface area (Å²) >= 11 is 0. The molecule has 0 heterocycles. The number of carbonyl (C=O) groups is 1. The fourth-order valence-electron chi connectivity index (χ4n) is 0.459. The first kappa shape index (κ1) is 9.39. The van der Waals surface area contributed by atoms with Crippen LogP contribution in [0, 0.1) is 0 Å². The third-order valence-electron chi connectivity index (χ3n) is 1.54. The van der Waals surface area contributed by atoms with E-state index < -0.39 is 17.7 Å². The molecule has 0 saturated heterocycles. The first-order valence-corrected chi connectivity index (χ1v) is 3.05. The fourth-order valence-corrected chi connectivity index (χ4v) is 0.459. The van der Waals surface area contributed by atoms with Crippen molar-refractivity contribution >= 4 is 5.97 Å². The smallest absolute Gasteiger partial charge is 0.335 e. The van der Waals surface area contributed by atoms with Gasteiger partial charge in [0.15, 0.2) is 6.10 Å². The van der Waals surface area contributed by atoms with Gasteiger partial charge in [0.25, 0.3) is 0 Å². The van der Waals surface area contributed by atoms with Gasteiger partial charge in [0.2, 0.25) is 0 Å². The summed E-state index contributed by atoms with van der Waals surface area (Å²) in [4.78, 5) is 10.1. The fraction of sp³-hybridized carbons (Fsp3) is 0.833. The lowest BCUT2D eigenvalue weighted by atomic mass is 9.96. The lowest BCUT2D eigenvalue weighted by Crippen LogP contribution is -2.43. The molecule has 4 nitrogen and oxygen atoms in total. The first-order valence-electron chi connectivity index (χ1n) is 3.05. The van der Waals surface area contributed by atoms with Gasteiger partial charge in [-0.05, 0) is 13.3 Å². The van der Waals surface area contributed by atoms with Crippen LogP contribution in [0.2, 0.25) is 0 Å². The average molecular weight is 148 g/mol. The van der Waals surface area contributed by atoms with Crippen molar-refractivity contribution in [1.82, 2.24) is 0 Å². The Morgan fingerprint density at radius 1 is 1.70 bits per heavy atom. The minimum absolute atomic E-state index is 0.209. The van der Waals surface area contributed by atoms with Gasteiger partial charge in [-0.25, -0.2) is 4.79 Å². The summed E-state index contributed by atoms with van der Waals surface area (Å²) in [7, 11) is 0. The van der Waals surface area contributed by atoms with Crippen molar-refractivity contribution in [3.05, 3.63) is 0 Å². The van der Waals surface area contributed by atoms with Crippen LogP contribution in [-0.4, -0.2) is 33.0 Å². The lowest BCUT2D eigenvalue weighted by Gasteiger charge is -2.23. The monoisotopic (exact) mass is 148 g/mol. The highest BCUT2D eigenvalue weighted by Gasteiger charge is 2.33. The predicted molar refractivity (Wildman–Crippen MR) is 34.6 cm³/mol. The number of aliphatic hydroxyl groups excluding tert-OH is 1. The minimum Gasteiger partial charge on any atom is -0.479 e. The van der Waals surface area contributed by atoms with E-state index in [2.05, 4.69) is 0 Å². The molecule has 0 aliphatic heterocycles. The topological polar surface area (TPSA) is 77.8 Å². The van der Waals surface area contributed by atoms with E-state index in [9.17, 15) is 4.79 Å². The maximum atomic E-state index is 10.1. The Kier molecular flexibility index (Phi) is 2.80. The molecule has 0 spiro atoms. The van der Waals surface area contributed by atoms with Crippen molar-refractivity contribution in [2.75, 3.05) is 0 Å². The Balaban J connectivity index is 4.17. The zero-order valence-electron chi connectivity index (χ0n) is 6.03. The Morgan fingerprint density at radius 2 is 2.10 bits per heavy atom. The zero-order valence-corrected chi connectivity index (χ0v) is 6.03. The van der Waals surface area contributed by atoms with E-state index in [4.69, 9.17) is 15.3 Å². The molecule has 0 aliphatic carbocycles. The van der Waals surface area contributed by atoms with E-state index in [1.807, 2.05) is 0 Å². The predicted octanol–water partition coefficient (Wildman–Crippen LogP) is -0.407. The highest BCUT2D eigenvalue weighted by molar-refractivity contribution is 5.73. The van der Waals surface area contributed by atoms with Crippen molar-refractivity contribution in [2.24, 2.45) is 0 Å². The van der Waals surface area contributed by atoms with Gasteiger partial charge >= 0.3 is 5.97 Å². The summed E-state index contributed by atoms with van der Waals surface area (Å²) in [6.45, 7) is 2.89. The largest absolute Gasteiger partial charge is 0.479 e. The van der Waals surface area contributed by atoms with Gasteiger partial charge in [-0.3, -0.25) is 0 Å². The molecule has 0 fully saturated rings. The molecule has 3 N–H and O–H groups in total. The van der Waals surface area contributed by atoms with Gasteiger partial charge in [0, 0.05) is 0 Å². The van der Waals surface area contributed by atoms with Gasteiger partial charge in [-0.2, -0.15) is 0 Å². The van der Waals surface area contributed by atoms with Crippen molar-refractivity contribution in [3.63, 3.8) is 0 Å². The number of aliphatic hydroxyl groups is 2. The molecule has 4 heteroatoms. The van der Waals surface area contributed by atoms with Gasteiger partial charge < -0.3 is 15.3 Å². The summed E-state index contributed by atoms with van der Waals surface area (Å²) in [5.41, 5.74) is -1.52. The van der Waals surface area contributed by atoms with E-state index in [-0.39, 0.29) is 6.42 Å². The van der Waals surface area contributed by atoms with Crippen LogP contribution in [0.5, 0.6) is 0 Å². The average Bonchev–Trinajstić information content (AvgIpc) is 1.86. The molecule has 10 heavy (non-hydrogen) atoms. The highest BCUT2D eigenvalue weighted by Crippen LogP contribution is 2.13. The Hall–Kier alpha value is -0.610. The Morgan fingerprint density at radius 3 is 2.20 bits per heavy atom. The molecule has 2 unspecified atom stereocenters. The van der Waals surface area contributed by atoms with Gasteiger partial charge in [0.1, 0.15) is 0 Å². The standard InChI is InChI=1S/C6H12O4/c1-3-6(2,10)4(7)5(8)9/h4,7,10H,3H2,1-2H3,(H,8,9). The summed E-state index contributed by atoms with van der Waals surface area (Å²) in [5.74, 6) is -1.40. The summed E-state index contributed by atoms with van der Waals surface area (Å²) in [5, 5.41) is 26.2. The van der Waals surface area contributed by atoms with E-state index in [1.54, 1.807) is 6.92 Å². The molecule has 2 atom stereocenters. The number of aliphatic carboxylic acids is 1. The minimum atomic E-state index is -1.70. The number of rotatable bonds is 3. The second kappa shape index (κ2) is 2.98. The molecule has 0 radical (unpaired) electrons. The van der Waals surface area contributed by atoms with Crippen LogP contribution in [0.3, 0.4) is 0 Å². The molecule has 0 saturated carbocycles. The van der Waals surface area contributed by atoms with Crippen LogP contribution in [0.1, 0.15) is 20.3 Å². The maximum Gasteiger partial charge on any atom is 0.335 e. The molecular formula is C6H12O4. The van der Waals surface area contributed by atoms with Crippen molar-refractivity contribution in [1.29, 1.82) is 0 Å².